The molecule has 0 N–H and O–H groups in total. The van der Waals surface area contributed by atoms with Crippen molar-refractivity contribution in [3.05, 3.63) is 47.5 Å². The molecule has 24 heavy (non-hydrogen) atoms. The van der Waals surface area contributed by atoms with E-state index in [0.29, 0.717) is 5.56 Å². The number of hydrogen-bond donors (Lipinski definition) is 0. The summed E-state index contributed by atoms with van der Waals surface area (Å²) in [4.78, 5) is 40.5. The highest BCUT2D eigenvalue weighted by Gasteiger charge is 2.54. The number of carbonyl (C=O) groups excluding carboxylic acids is 3. The van der Waals surface area contributed by atoms with Crippen molar-refractivity contribution in [1.29, 1.82) is 0 Å². The van der Waals surface area contributed by atoms with Crippen molar-refractivity contribution in [2.75, 3.05) is 13.6 Å². The van der Waals surface area contributed by atoms with Crippen LogP contribution in [0, 0.1) is 0 Å². The Hall–Kier alpha value is -2.43. The van der Waals surface area contributed by atoms with Crippen LogP contribution in [0.15, 0.2) is 42.0 Å². The lowest BCUT2D eigenvalue weighted by molar-refractivity contribution is -0.130. The van der Waals surface area contributed by atoms with E-state index in [4.69, 9.17) is 0 Å². The van der Waals surface area contributed by atoms with E-state index in [1.807, 2.05) is 6.07 Å². The van der Waals surface area contributed by atoms with Gasteiger partial charge in [-0.05, 0) is 38.2 Å². The molecule has 126 valence electrons. The molecule has 2 aliphatic rings. The number of allylic oxidation sites excluding steroid dienone is 1. The summed E-state index contributed by atoms with van der Waals surface area (Å²) in [6.45, 7) is 1.58. The van der Waals surface area contributed by atoms with E-state index in [1.54, 1.807) is 38.2 Å². The number of likely N-dealkylation sites (N-methyl/N-ethyl adjacent to an activating group) is 1. The van der Waals surface area contributed by atoms with Gasteiger partial charge in [0.2, 0.25) is 0 Å². The van der Waals surface area contributed by atoms with Crippen LogP contribution in [0.2, 0.25) is 0 Å². The lowest BCUT2D eigenvalue weighted by Gasteiger charge is -2.33. The molecule has 3 rings (SSSR count). The standard InChI is InChI=1S/C19H22N2O3/c1-19(15-11-7-4-8-12-15)17(23)21(18(24)20(19)2)13-16(22)14-9-5-3-6-10-14/h3,5-6,9-11H,4,7-8,12-13H2,1-2H3. The molecule has 0 aromatic heterocycles. The van der Waals surface area contributed by atoms with E-state index in [-0.39, 0.29) is 18.2 Å². The molecule has 0 spiro atoms. The predicted octanol–water partition coefficient (Wildman–Crippen LogP) is 3.02. The van der Waals surface area contributed by atoms with Crippen molar-refractivity contribution in [3.63, 3.8) is 0 Å². The van der Waals surface area contributed by atoms with Gasteiger partial charge >= 0.3 is 6.03 Å². The van der Waals surface area contributed by atoms with Gasteiger partial charge in [-0.1, -0.05) is 36.4 Å². The number of amides is 3. The number of benzene rings is 1. The minimum atomic E-state index is -0.964. The Balaban J connectivity index is 1.85. The van der Waals surface area contributed by atoms with E-state index in [2.05, 4.69) is 6.08 Å². The van der Waals surface area contributed by atoms with Crippen molar-refractivity contribution >= 4 is 17.7 Å². The largest absolute Gasteiger partial charge is 0.328 e. The van der Waals surface area contributed by atoms with Crippen molar-refractivity contribution in [1.82, 2.24) is 9.80 Å². The zero-order valence-electron chi connectivity index (χ0n) is 14.1. The summed E-state index contributed by atoms with van der Waals surface area (Å²) in [6, 6.07) is 8.34. The first kappa shape index (κ1) is 16.4. The highest BCUT2D eigenvalue weighted by Crippen LogP contribution is 2.37. The molecule has 1 aliphatic carbocycles. The van der Waals surface area contributed by atoms with E-state index in [9.17, 15) is 14.4 Å². The molecule has 1 heterocycles. The molecule has 1 saturated heterocycles. The highest BCUT2D eigenvalue weighted by molar-refractivity contribution is 6.12. The molecule has 1 aromatic rings. The molecule has 0 bridgehead atoms. The van der Waals surface area contributed by atoms with Crippen LogP contribution >= 0.6 is 0 Å². The average Bonchev–Trinajstić information content (AvgIpc) is 2.79. The van der Waals surface area contributed by atoms with Gasteiger partial charge in [-0.3, -0.25) is 14.5 Å². The molecule has 1 unspecified atom stereocenters. The maximum absolute atomic E-state index is 13.0. The Morgan fingerprint density at radius 1 is 1.17 bits per heavy atom. The molecule has 3 amide bonds. The molecule has 1 atom stereocenters. The van der Waals surface area contributed by atoms with Crippen molar-refractivity contribution in [2.24, 2.45) is 0 Å². The Morgan fingerprint density at radius 2 is 1.88 bits per heavy atom. The minimum absolute atomic E-state index is 0.213. The van der Waals surface area contributed by atoms with Crippen LogP contribution in [0.4, 0.5) is 4.79 Å². The number of hydrogen-bond acceptors (Lipinski definition) is 3. The maximum atomic E-state index is 13.0. The van der Waals surface area contributed by atoms with Gasteiger partial charge in [0.15, 0.2) is 5.78 Å². The van der Waals surface area contributed by atoms with E-state index >= 15 is 0 Å². The van der Waals surface area contributed by atoms with E-state index in [0.717, 1.165) is 36.2 Å². The normalized spacial score (nSPS) is 24.3. The second-order valence-corrected chi connectivity index (χ2v) is 6.57. The zero-order chi connectivity index (χ0) is 17.3. The minimum Gasteiger partial charge on any atom is -0.309 e. The Labute approximate surface area is 141 Å². The molecule has 0 saturated carbocycles. The number of rotatable bonds is 4. The predicted molar refractivity (Wildman–Crippen MR) is 90.6 cm³/mol. The number of ketones is 1. The zero-order valence-corrected chi connectivity index (χ0v) is 14.1. The van der Waals surface area contributed by atoms with Crippen molar-refractivity contribution in [2.45, 2.75) is 38.1 Å². The molecular formula is C19H22N2O3. The van der Waals surface area contributed by atoms with Crippen LogP contribution in [-0.4, -0.2) is 46.7 Å². The fourth-order valence-corrected chi connectivity index (χ4v) is 3.50. The monoisotopic (exact) mass is 326 g/mol. The Kier molecular flexibility index (Phi) is 4.26. The second-order valence-electron chi connectivity index (χ2n) is 6.57. The van der Waals surface area contributed by atoms with E-state index in [1.165, 1.54) is 4.90 Å². The molecule has 5 heteroatoms. The lowest BCUT2D eigenvalue weighted by Crippen LogP contribution is -2.47. The van der Waals surface area contributed by atoms with Gasteiger partial charge in [-0.25, -0.2) is 4.79 Å². The van der Waals surface area contributed by atoms with Crippen LogP contribution < -0.4 is 0 Å². The summed E-state index contributed by atoms with van der Waals surface area (Å²) in [6.07, 6.45) is 5.97. The number of nitrogens with zero attached hydrogens (tertiary/aromatic N) is 2. The van der Waals surface area contributed by atoms with Gasteiger partial charge in [-0.2, -0.15) is 0 Å². The third kappa shape index (κ3) is 2.54. The Morgan fingerprint density at radius 3 is 2.50 bits per heavy atom. The fraction of sp³-hybridized carbons (Fsp3) is 0.421. The van der Waals surface area contributed by atoms with Gasteiger partial charge in [0.25, 0.3) is 5.91 Å². The summed E-state index contributed by atoms with van der Waals surface area (Å²) in [5.41, 5.74) is 0.532. The molecule has 1 aromatic carbocycles. The van der Waals surface area contributed by atoms with Crippen LogP contribution in [-0.2, 0) is 4.79 Å². The SMILES string of the molecule is CN1C(=O)N(CC(=O)c2ccccc2)C(=O)C1(C)C1=CCCCC1. The van der Waals surface area contributed by atoms with Crippen molar-refractivity contribution in [3.8, 4) is 0 Å². The topological polar surface area (TPSA) is 57.7 Å². The quantitative estimate of drug-likeness (QED) is 0.485. The van der Waals surface area contributed by atoms with Gasteiger partial charge in [-0.15, -0.1) is 0 Å². The molecule has 5 nitrogen and oxygen atoms in total. The number of imide groups is 1. The molecule has 1 fully saturated rings. The first-order valence-electron chi connectivity index (χ1n) is 8.33. The van der Waals surface area contributed by atoms with Gasteiger partial charge < -0.3 is 4.90 Å². The number of carbonyl (C=O) groups is 3. The maximum Gasteiger partial charge on any atom is 0.328 e. The van der Waals surface area contributed by atoms with Crippen LogP contribution in [0.25, 0.3) is 0 Å². The smallest absolute Gasteiger partial charge is 0.309 e. The van der Waals surface area contributed by atoms with Crippen LogP contribution in [0.3, 0.4) is 0 Å². The summed E-state index contributed by atoms with van der Waals surface area (Å²) in [5.74, 6) is -0.528. The van der Waals surface area contributed by atoms with Crippen LogP contribution in [0.5, 0.6) is 0 Å². The average molecular weight is 326 g/mol. The van der Waals surface area contributed by atoms with Gasteiger partial charge in [0, 0.05) is 12.6 Å². The molecular weight excluding hydrogens is 304 g/mol. The molecule has 1 aliphatic heterocycles. The molecule has 0 radical (unpaired) electrons. The first-order chi connectivity index (χ1) is 11.5. The van der Waals surface area contributed by atoms with Crippen LogP contribution in [0.1, 0.15) is 43.0 Å². The second kappa shape index (κ2) is 6.23. The summed E-state index contributed by atoms with van der Waals surface area (Å²) < 4.78 is 0. The summed E-state index contributed by atoms with van der Waals surface area (Å²) >= 11 is 0. The highest BCUT2D eigenvalue weighted by atomic mass is 16.2. The first-order valence-corrected chi connectivity index (χ1v) is 8.33. The fourth-order valence-electron chi connectivity index (χ4n) is 3.50. The third-order valence-corrected chi connectivity index (χ3v) is 5.16. The third-order valence-electron chi connectivity index (χ3n) is 5.16. The van der Waals surface area contributed by atoms with Gasteiger partial charge in [0.05, 0.1) is 6.54 Å². The summed E-state index contributed by atoms with van der Waals surface area (Å²) in [5, 5.41) is 0. The Bertz CT molecular complexity index is 711. The van der Waals surface area contributed by atoms with E-state index < -0.39 is 11.6 Å². The lowest BCUT2D eigenvalue weighted by atomic mass is 9.83. The number of urea groups is 1. The van der Waals surface area contributed by atoms with Crippen molar-refractivity contribution < 1.29 is 14.4 Å². The summed E-state index contributed by atoms with van der Waals surface area (Å²) in [7, 11) is 1.64. The number of Topliss-reactive ketones (excluding diaryl/α,β-unsaturated/α-hetero) is 1. The van der Waals surface area contributed by atoms with Gasteiger partial charge in [0.1, 0.15) is 5.54 Å².